The summed E-state index contributed by atoms with van der Waals surface area (Å²) in [6.45, 7) is 0. The number of halogens is 2. The summed E-state index contributed by atoms with van der Waals surface area (Å²) in [4.78, 5) is 0. The van der Waals surface area contributed by atoms with Crippen LogP contribution in [0.1, 0.15) is 5.56 Å². The van der Waals surface area contributed by atoms with E-state index in [2.05, 4.69) is 0 Å². The monoisotopic (exact) mass is 173 g/mol. The van der Waals surface area contributed by atoms with Gasteiger partial charge in [0.05, 0.1) is 0 Å². The first kappa shape index (κ1) is 7.58. The van der Waals surface area contributed by atoms with E-state index in [-0.39, 0.29) is 0 Å². The van der Waals surface area contributed by atoms with Gasteiger partial charge >= 0.3 is 0 Å². The van der Waals surface area contributed by atoms with Crippen LogP contribution in [0, 0.1) is 5.41 Å². The second-order valence-corrected chi connectivity index (χ2v) is 2.72. The molecule has 0 aliphatic rings. The Hall–Kier alpha value is -0.530. The fourth-order valence-electron chi connectivity index (χ4n) is 0.658. The quantitative estimate of drug-likeness (QED) is 0.632. The Kier molecular flexibility index (Phi) is 2.30. The number of rotatable bonds is 1. The van der Waals surface area contributed by atoms with Gasteiger partial charge in [-0.1, -0.05) is 23.2 Å². The van der Waals surface area contributed by atoms with Crippen molar-refractivity contribution in [2.24, 2.45) is 0 Å². The lowest BCUT2D eigenvalue weighted by atomic mass is 10.2. The first-order valence-corrected chi connectivity index (χ1v) is 3.44. The van der Waals surface area contributed by atoms with Crippen molar-refractivity contribution < 1.29 is 0 Å². The van der Waals surface area contributed by atoms with Crippen molar-refractivity contribution in [3.8, 4) is 0 Å². The Morgan fingerprint density at radius 2 is 1.60 bits per heavy atom. The van der Waals surface area contributed by atoms with Crippen molar-refractivity contribution in [1.82, 2.24) is 0 Å². The van der Waals surface area contributed by atoms with Crippen molar-refractivity contribution in [2.75, 3.05) is 0 Å². The van der Waals surface area contributed by atoms with Crippen LogP contribution >= 0.6 is 23.2 Å². The standard InChI is InChI=1S/C7H5Cl2N/c8-6-1-5(4-10)2-7(9)3-6/h1-4,10H. The van der Waals surface area contributed by atoms with Gasteiger partial charge in [0.1, 0.15) is 0 Å². The lowest BCUT2D eigenvalue weighted by Gasteiger charge is -1.94. The maximum Gasteiger partial charge on any atom is 0.0427 e. The van der Waals surface area contributed by atoms with Crippen LogP contribution in [-0.4, -0.2) is 6.21 Å². The summed E-state index contributed by atoms with van der Waals surface area (Å²) in [5.41, 5.74) is 0.720. The first-order chi connectivity index (χ1) is 4.72. The van der Waals surface area contributed by atoms with Gasteiger partial charge in [-0.25, -0.2) is 0 Å². The summed E-state index contributed by atoms with van der Waals surface area (Å²) in [5, 5.41) is 8.02. The molecule has 0 aromatic heterocycles. The van der Waals surface area contributed by atoms with Gasteiger partial charge in [-0.2, -0.15) is 0 Å². The SMILES string of the molecule is N=Cc1cc(Cl)cc(Cl)c1. The van der Waals surface area contributed by atoms with Gasteiger partial charge in [0.25, 0.3) is 0 Å². The summed E-state index contributed by atoms with van der Waals surface area (Å²) in [5.74, 6) is 0. The molecule has 52 valence electrons. The van der Waals surface area contributed by atoms with Gasteiger partial charge in [-0.05, 0) is 23.8 Å². The third-order valence-corrected chi connectivity index (χ3v) is 1.49. The first-order valence-electron chi connectivity index (χ1n) is 2.69. The van der Waals surface area contributed by atoms with Crippen LogP contribution < -0.4 is 0 Å². The molecule has 10 heavy (non-hydrogen) atoms. The summed E-state index contributed by atoms with van der Waals surface area (Å²) in [6.07, 6.45) is 1.21. The van der Waals surface area contributed by atoms with E-state index in [1.165, 1.54) is 6.21 Å². The Morgan fingerprint density at radius 3 is 2.00 bits per heavy atom. The Balaban J connectivity index is 3.18. The molecule has 0 aliphatic carbocycles. The molecule has 0 amide bonds. The van der Waals surface area contributed by atoms with E-state index in [1.54, 1.807) is 18.2 Å². The molecule has 1 aromatic carbocycles. The molecule has 0 spiro atoms. The van der Waals surface area contributed by atoms with Gasteiger partial charge in [0.15, 0.2) is 0 Å². The van der Waals surface area contributed by atoms with Crippen molar-refractivity contribution in [3.05, 3.63) is 33.8 Å². The predicted molar refractivity (Wildman–Crippen MR) is 44.3 cm³/mol. The molecule has 0 heterocycles. The van der Waals surface area contributed by atoms with E-state index in [0.29, 0.717) is 10.0 Å². The zero-order valence-corrected chi connectivity index (χ0v) is 6.58. The molecular formula is C7H5Cl2N. The highest BCUT2D eigenvalue weighted by Gasteiger charge is 1.93. The van der Waals surface area contributed by atoms with Gasteiger partial charge in [-0.15, -0.1) is 0 Å². The summed E-state index contributed by atoms with van der Waals surface area (Å²) in [7, 11) is 0. The summed E-state index contributed by atoms with van der Waals surface area (Å²) < 4.78 is 0. The number of hydrogen-bond acceptors (Lipinski definition) is 1. The lowest BCUT2D eigenvalue weighted by molar-refractivity contribution is 1.54. The summed E-state index contributed by atoms with van der Waals surface area (Å²) >= 11 is 11.3. The minimum atomic E-state index is 0.561. The van der Waals surface area contributed by atoms with Crippen LogP contribution in [0.3, 0.4) is 0 Å². The average molecular weight is 174 g/mol. The number of nitrogens with one attached hydrogen (secondary N) is 1. The molecule has 0 fully saturated rings. The zero-order chi connectivity index (χ0) is 7.56. The van der Waals surface area contributed by atoms with Gasteiger partial charge in [0.2, 0.25) is 0 Å². The maximum absolute atomic E-state index is 6.89. The lowest BCUT2D eigenvalue weighted by Crippen LogP contribution is -1.77. The Labute approximate surface area is 69.1 Å². The maximum atomic E-state index is 6.89. The molecule has 1 nitrogen and oxygen atoms in total. The van der Waals surface area contributed by atoms with Crippen molar-refractivity contribution in [3.63, 3.8) is 0 Å². The highest BCUT2D eigenvalue weighted by Crippen LogP contribution is 2.17. The van der Waals surface area contributed by atoms with Crippen molar-refractivity contribution in [2.45, 2.75) is 0 Å². The smallest absolute Gasteiger partial charge is 0.0427 e. The van der Waals surface area contributed by atoms with E-state index in [1.807, 2.05) is 0 Å². The fourth-order valence-corrected chi connectivity index (χ4v) is 1.20. The minimum absolute atomic E-state index is 0.561. The second kappa shape index (κ2) is 3.04. The van der Waals surface area contributed by atoms with Crippen LogP contribution in [0.15, 0.2) is 18.2 Å². The molecule has 1 rings (SSSR count). The average Bonchev–Trinajstić information content (AvgIpc) is 1.85. The summed E-state index contributed by atoms with van der Waals surface area (Å²) in [6, 6.07) is 5.00. The van der Waals surface area contributed by atoms with Crippen LogP contribution in [0.25, 0.3) is 0 Å². The molecule has 0 atom stereocenters. The van der Waals surface area contributed by atoms with E-state index in [0.717, 1.165) is 5.56 Å². The molecule has 1 N–H and O–H groups in total. The highest BCUT2D eigenvalue weighted by molar-refractivity contribution is 6.35. The van der Waals surface area contributed by atoms with E-state index in [9.17, 15) is 0 Å². The predicted octanol–water partition coefficient (Wildman–Crippen LogP) is 2.99. The molecule has 3 heteroatoms. The van der Waals surface area contributed by atoms with E-state index < -0.39 is 0 Å². The Morgan fingerprint density at radius 1 is 1.10 bits per heavy atom. The van der Waals surface area contributed by atoms with Gasteiger partial charge in [0, 0.05) is 16.3 Å². The fraction of sp³-hybridized carbons (Fsp3) is 0. The molecule has 0 saturated carbocycles. The molecular weight excluding hydrogens is 169 g/mol. The van der Waals surface area contributed by atoms with Crippen LogP contribution in [-0.2, 0) is 0 Å². The third-order valence-electron chi connectivity index (χ3n) is 1.05. The Bertz CT molecular complexity index is 238. The van der Waals surface area contributed by atoms with Crippen molar-refractivity contribution in [1.29, 1.82) is 5.41 Å². The normalized spacial score (nSPS) is 9.40. The zero-order valence-electron chi connectivity index (χ0n) is 5.07. The largest absolute Gasteiger partial charge is 0.308 e. The molecule has 0 aliphatic heterocycles. The van der Waals surface area contributed by atoms with Crippen LogP contribution in [0.5, 0.6) is 0 Å². The molecule has 0 unspecified atom stereocenters. The highest BCUT2D eigenvalue weighted by atomic mass is 35.5. The third kappa shape index (κ3) is 1.72. The van der Waals surface area contributed by atoms with Gasteiger partial charge < -0.3 is 5.41 Å². The van der Waals surface area contributed by atoms with E-state index in [4.69, 9.17) is 28.6 Å². The van der Waals surface area contributed by atoms with E-state index >= 15 is 0 Å². The van der Waals surface area contributed by atoms with Crippen LogP contribution in [0.4, 0.5) is 0 Å². The topological polar surface area (TPSA) is 23.9 Å². The molecule has 0 saturated heterocycles. The number of benzene rings is 1. The van der Waals surface area contributed by atoms with Gasteiger partial charge in [-0.3, -0.25) is 0 Å². The minimum Gasteiger partial charge on any atom is -0.308 e. The second-order valence-electron chi connectivity index (χ2n) is 1.85. The number of hydrogen-bond donors (Lipinski definition) is 1. The van der Waals surface area contributed by atoms with Crippen molar-refractivity contribution >= 4 is 29.4 Å². The molecule has 0 bridgehead atoms. The van der Waals surface area contributed by atoms with Crippen LogP contribution in [0.2, 0.25) is 10.0 Å². The molecule has 0 radical (unpaired) electrons. The molecule has 1 aromatic rings.